The van der Waals surface area contributed by atoms with Crippen LogP contribution in [-0.2, 0) is 0 Å². The fourth-order valence-corrected chi connectivity index (χ4v) is 2.77. The molecule has 0 aliphatic heterocycles. The maximum absolute atomic E-state index is 10.2. The van der Waals surface area contributed by atoms with Crippen molar-refractivity contribution in [2.75, 3.05) is 6.54 Å². The molecule has 0 bridgehead atoms. The largest absolute Gasteiger partial charge is 0.389 e. The van der Waals surface area contributed by atoms with Gasteiger partial charge in [0.25, 0.3) is 0 Å². The van der Waals surface area contributed by atoms with Gasteiger partial charge in [0, 0.05) is 12.6 Å². The monoisotopic (exact) mass is 209 g/mol. The first-order chi connectivity index (χ1) is 7.18. The van der Waals surface area contributed by atoms with E-state index < -0.39 is 5.60 Å². The van der Waals surface area contributed by atoms with E-state index in [0.717, 1.165) is 31.2 Å². The highest BCUT2D eigenvalue weighted by molar-refractivity contribution is 5.13. The third-order valence-electron chi connectivity index (χ3n) is 4.37. The lowest BCUT2D eigenvalue weighted by Crippen LogP contribution is -2.52. The van der Waals surface area contributed by atoms with Gasteiger partial charge < -0.3 is 10.4 Å². The lowest BCUT2D eigenvalue weighted by molar-refractivity contribution is 0.0198. The molecule has 0 aromatic heterocycles. The van der Waals surface area contributed by atoms with Gasteiger partial charge in [-0.15, -0.1) is 0 Å². The number of hydrogen-bond donors (Lipinski definition) is 2. The minimum absolute atomic E-state index is 0.493. The molecule has 2 heteroatoms. The summed E-state index contributed by atoms with van der Waals surface area (Å²) in [5.41, 5.74) is -0.493. The molecule has 0 aromatic carbocycles. The molecule has 0 radical (unpaired) electrons. The third-order valence-corrected chi connectivity index (χ3v) is 4.37. The van der Waals surface area contributed by atoms with Crippen LogP contribution in [0.2, 0.25) is 0 Å². The Hall–Kier alpha value is -0.340. The van der Waals surface area contributed by atoms with E-state index in [-0.39, 0.29) is 0 Å². The Morgan fingerprint density at radius 2 is 2.13 bits per heavy atom. The van der Waals surface area contributed by atoms with Gasteiger partial charge in [-0.25, -0.2) is 0 Å². The number of aliphatic hydroxyl groups is 1. The molecule has 2 rings (SSSR count). The van der Waals surface area contributed by atoms with E-state index in [0.29, 0.717) is 6.04 Å². The van der Waals surface area contributed by atoms with E-state index in [1.807, 2.05) is 0 Å². The molecule has 2 nitrogen and oxygen atoms in total. The molecule has 0 amide bonds. The first-order valence-electron chi connectivity index (χ1n) is 6.31. The molecule has 2 aliphatic rings. The summed E-state index contributed by atoms with van der Waals surface area (Å²) in [6.07, 6.45) is 8.90. The van der Waals surface area contributed by atoms with Crippen LogP contribution in [0.4, 0.5) is 0 Å². The van der Waals surface area contributed by atoms with Crippen molar-refractivity contribution in [3.8, 4) is 0 Å². The molecule has 0 saturated heterocycles. The summed E-state index contributed by atoms with van der Waals surface area (Å²) in [4.78, 5) is 0. The molecule has 15 heavy (non-hydrogen) atoms. The molecule has 0 heterocycles. The van der Waals surface area contributed by atoms with E-state index in [1.54, 1.807) is 0 Å². The minimum atomic E-state index is -0.493. The van der Waals surface area contributed by atoms with Crippen LogP contribution >= 0.6 is 0 Å². The quantitative estimate of drug-likeness (QED) is 0.680. The smallest absolute Gasteiger partial charge is 0.0766 e. The van der Waals surface area contributed by atoms with Gasteiger partial charge >= 0.3 is 0 Å². The van der Waals surface area contributed by atoms with Gasteiger partial charge in [-0.05, 0) is 37.5 Å². The summed E-state index contributed by atoms with van der Waals surface area (Å²) in [6.45, 7) is 4.87. The van der Waals surface area contributed by atoms with Gasteiger partial charge in [0.15, 0.2) is 0 Å². The van der Waals surface area contributed by atoms with Crippen molar-refractivity contribution in [2.24, 2.45) is 11.8 Å². The average molecular weight is 209 g/mol. The van der Waals surface area contributed by atoms with Gasteiger partial charge in [-0.2, -0.15) is 0 Å². The van der Waals surface area contributed by atoms with E-state index in [9.17, 15) is 5.11 Å². The Bertz CT molecular complexity index is 245. The number of nitrogens with one attached hydrogen (secondary N) is 1. The summed E-state index contributed by atoms with van der Waals surface area (Å²) in [7, 11) is 0. The van der Waals surface area contributed by atoms with E-state index in [2.05, 4.69) is 31.3 Å². The second-order valence-electron chi connectivity index (χ2n) is 5.16. The highest BCUT2D eigenvalue weighted by Gasteiger charge is 2.41. The standard InChI is InChI=1S/C13H23NO/c1-3-13(15,4-2)9-14-12-8-10-6-5-7-11(10)12/h5,7,10-12,14-15H,3-4,6,8-9H2,1-2H3. The van der Waals surface area contributed by atoms with E-state index in [1.165, 1.54) is 12.8 Å². The fraction of sp³-hybridized carbons (Fsp3) is 0.846. The first-order valence-corrected chi connectivity index (χ1v) is 6.31. The minimum Gasteiger partial charge on any atom is -0.389 e. The molecule has 0 aromatic rings. The van der Waals surface area contributed by atoms with Gasteiger partial charge in [0.2, 0.25) is 0 Å². The van der Waals surface area contributed by atoms with Gasteiger partial charge in [-0.3, -0.25) is 0 Å². The Labute approximate surface area is 92.8 Å². The maximum Gasteiger partial charge on any atom is 0.0766 e. The summed E-state index contributed by atoms with van der Waals surface area (Å²) >= 11 is 0. The third kappa shape index (κ3) is 2.11. The van der Waals surface area contributed by atoms with Crippen LogP contribution in [0.15, 0.2) is 12.2 Å². The van der Waals surface area contributed by atoms with Crippen LogP contribution in [0.5, 0.6) is 0 Å². The Morgan fingerprint density at radius 3 is 2.73 bits per heavy atom. The Balaban J connectivity index is 1.77. The maximum atomic E-state index is 10.2. The highest BCUT2D eigenvalue weighted by Crippen LogP contribution is 2.42. The molecule has 3 atom stereocenters. The van der Waals surface area contributed by atoms with Gasteiger partial charge in [-0.1, -0.05) is 26.0 Å². The van der Waals surface area contributed by atoms with Crippen molar-refractivity contribution < 1.29 is 5.11 Å². The fourth-order valence-electron chi connectivity index (χ4n) is 2.77. The van der Waals surface area contributed by atoms with Gasteiger partial charge in [0.1, 0.15) is 0 Å². The number of hydrogen-bond acceptors (Lipinski definition) is 2. The van der Waals surface area contributed by atoms with Crippen LogP contribution in [-0.4, -0.2) is 23.3 Å². The van der Waals surface area contributed by atoms with Crippen LogP contribution in [0.3, 0.4) is 0 Å². The van der Waals surface area contributed by atoms with Gasteiger partial charge in [0.05, 0.1) is 5.60 Å². The predicted molar refractivity (Wildman–Crippen MR) is 62.7 cm³/mol. The second-order valence-corrected chi connectivity index (χ2v) is 5.16. The van der Waals surface area contributed by atoms with Crippen molar-refractivity contribution in [3.63, 3.8) is 0 Å². The normalized spacial score (nSPS) is 33.9. The highest BCUT2D eigenvalue weighted by atomic mass is 16.3. The van der Waals surface area contributed by atoms with Crippen LogP contribution in [0, 0.1) is 11.8 Å². The molecule has 2 aliphatic carbocycles. The Kier molecular flexibility index (Phi) is 3.17. The predicted octanol–water partition coefficient (Wildman–Crippen LogP) is 2.09. The zero-order valence-electron chi connectivity index (χ0n) is 9.87. The summed E-state index contributed by atoms with van der Waals surface area (Å²) in [6, 6.07) is 0.623. The van der Waals surface area contributed by atoms with Crippen LogP contribution in [0.1, 0.15) is 39.5 Å². The van der Waals surface area contributed by atoms with E-state index >= 15 is 0 Å². The summed E-state index contributed by atoms with van der Waals surface area (Å²) < 4.78 is 0. The number of rotatable bonds is 5. The lowest BCUT2D eigenvalue weighted by atomic mass is 9.71. The van der Waals surface area contributed by atoms with E-state index in [4.69, 9.17) is 0 Å². The number of allylic oxidation sites excluding steroid dienone is 1. The summed E-state index contributed by atoms with van der Waals surface area (Å²) in [5.74, 6) is 1.65. The van der Waals surface area contributed by atoms with Crippen molar-refractivity contribution in [1.29, 1.82) is 0 Å². The van der Waals surface area contributed by atoms with Crippen molar-refractivity contribution in [2.45, 2.75) is 51.2 Å². The Morgan fingerprint density at radius 1 is 1.40 bits per heavy atom. The lowest BCUT2D eigenvalue weighted by Gasteiger charge is -2.42. The molecule has 2 N–H and O–H groups in total. The van der Waals surface area contributed by atoms with Crippen molar-refractivity contribution >= 4 is 0 Å². The molecule has 0 spiro atoms. The van der Waals surface area contributed by atoms with Crippen LogP contribution < -0.4 is 5.32 Å². The van der Waals surface area contributed by atoms with Crippen molar-refractivity contribution in [1.82, 2.24) is 5.32 Å². The molecular formula is C13H23NO. The summed E-state index contributed by atoms with van der Waals surface area (Å²) in [5, 5.41) is 13.7. The number of fused-ring (bicyclic) bond motifs is 1. The second kappa shape index (κ2) is 4.26. The topological polar surface area (TPSA) is 32.3 Å². The average Bonchev–Trinajstić information content (AvgIpc) is 2.60. The SMILES string of the molecule is CCC(O)(CC)CNC1CC2CC=CC21. The molecule has 1 fully saturated rings. The molecule has 1 saturated carbocycles. The zero-order valence-corrected chi connectivity index (χ0v) is 9.87. The molecule has 3 unspecified atom stereocenters. The first kappa shape index (κ1) is 11.2. The molecular weight excluding hydrogens is 186 g/mol. The molecule has 86 valence electrons. The van der Waals surface area contributed by atoms with Crippen molar-refractivity contribution in [3.05, 3.63) is 12.2 Å². The zero-order chi connectivity index (χ0) is 10.9. The van der Waals surface area contributed by atoms with Crippen LogP contribution in [0.25, 0.3) is 0 Å².